The Labute approximate surface area is 180 Å². The molecule has 3 heterocycles. The standard InChI is InChI=1S/C19H13ClF2N6O2S/c20-17-4-16-15(10-24-17)14(7-23)18(28(16)12-2-1-3-12)19-25-8-13(9-26-19)31(29,30)27-11(5-21)6-22/h1-4,8-11,27H,5-6H2. The molecule has 8 nitrogen and oxygen atoms in total. The van der Waals surface area contributed by atoms with E-state index in [4.69, 9.17) is 11.6 Å². The summed E-state index contributed by atoms with van der Waals surface area (Å²) in [5.74, 6) is 0.0801. The summed E-state index contributed by atoms with van der Waals surface area (Å²) in [6, 6.07) is 2.23. The predicted octanol–water partition coefficient (Wildman–Crippen LogP) is 3.01. The van der Waals surface area contributed by atoms with E-state index in [1.54, 1.807) is 10.6 Å². The first-order valence-electron chi connectivity index (χ1n) is 8.85. The quantitative estimate of drug-likeness (QED) is 0.540. The van der Waals surface area contributed by atoms with E-state index < -0.39 is 29.4 Å². The first kappa shape index (κ1) is 21.0. The van der Waals surface area contributed by atoms with Crippen molar-refractivity contribution in [2.75, 3.05) is 13.3 Å². The van der Waals surface area contributed by atoms with Gasteiger partial charge in [-0.25, -0.2) is 36.9 Å². The highest BCUT2D eigenvalue weighted by atomic mass is 35.5. The maximum atomic E-state index is 12.7. The SMILES string of the molecule is N#Cc1c(-c2ncc(S(=O)(=O)NC(CF)CF)cn2)n(C2=CC=C2)c2cc(Cl)ncc12. The van der Waals surface area contributed by atoms with E-state index in [9.17, 15) is 22.5 Å². The molecular formula is C19H13ClF2N6O2S. The first-order chi connectivity index (χ1) is 14.9. The molecule has 12 heteroatoms. The van der Waals surface area contributed by atoms with E-state index in [1.807, 2.05) is 23.0 Å². The second-order valence-electron chi connectivity index (χ2n) is 6.51. The number of sulfonamides is 1. The van der Waals surface area contributed by atoms with Crippen molar-refractivity contribution in [3.63, 3.8) is 0 Å². The molecule has 4 rings (SSSR count). The normalized spacial score (nSPS) is 13.3. The van der Waals surface area contributed by atoms with Crippen LogP contribution in [-0.2, 0) is 10.0 Å². The lowest BCUT2D eigenvalue weighted by Gasteiger charge is -2.15. The van der Waals surface area contributed by atoms with E-state index in [0.717, 1.165) is 18.1 Å². The summed E-state index contributed by atoms with van der Waals surface area (Å²) in [6.07, 6.45) is 8.93. The zero-order valence-corrected chi connectivity index (χ0v) is 17.2. The molecule has 0 saturated heterocycles. The average Bonchev–Trinajstić information content (AvgIpc) is 3.04. The van der Waals surface area contributed by atoms with Crippen LogP contribution in [0.4, 0.5) is 8.78 Å². The molecule has 0 amide bonds. The van der Waals surface area contributed by atoms with Crippen LogP contribution in [0.25, 0.3) is 28.1 Å². The number of rotatable bonds is 7. The second-order valence-corrected chi connectivity index (χ2v) is 8.62. The van der Waals surface area contributed by atoms with Crippen molar-refractivity contribution in [3.05, 3.63) is 53.6 Å². The lowest BCUT2D eigenvalue weighted by atomic mass is 10.1. The molecule has 0 aliphatic heterocycles. The van der Waals surface area contributed by atoms with Gasteiger partial charge in [0.25, 0.3) is 0 Å². The van der Waals surface area contributed by atoms with E-state index in [-0.39, 0.29) is 21.4 Å². The van der Waals surface area contributed by atoms with Gasteiger partial charge in [0.2, 0.25) is 10.0 Å². The van der Waals surface area contributed by atoms with Crippen molar-refractivity contribution in [2.24, 2.45) is 0 Å². The maximum Gasteiger partial charge on any atom is 0.244 e. The third-order valence-electron chi connectivity index (χ3n) is 4.57. The van der Waals surface area contributed by atoms with Gasteiger partial charge in [0.15, 0.2) is 5.82 Å². The minimum Gasteiger partial charge on any atom is -0.305 e. The number of nitrogens with zero attached hydrogens (tertiary/aromatic N) is 5. The Bertz CT molecular complexity index is 1370. The van der Waals surface area contributed by atoms with Crippen molar-refractivity contribution in [1.29, 1.82) is 5.26 Å². The molecule has 3 aromatic heterocycles. The second kappa shape index (κ2) is 8.14. The summed E-state index contributed by atoms with van der Waals surface area (Å²) >= 11 is 6.04. The summed E-state index contributed by atoms with van der Waals surface area (Å²) in [5, 5.41) is 10.5. The highest BCUT2D eigenvalue weighted by molar-refractivity contribution is 7.89. The van der Waals surface area contributed by atoms with Gasteiger partial charge in [-0.05, 0) is 12.2 Å². The van der Waals surface area contributed by atoms with E-state index in [0.29, 0.717) is 16.6 Å². The van der Waals surface area contributed by atoms with E-state index in [2.05, 4.69) is 21.0 Å². The van der Waals surface area contributed by atoms with Crippen molar-refractivity contribution in [1.82, 2.24) is 24.2 Å². The predicted molar refractivity (Wildman–Crippen MR) is 110 cm³/mol. The molecule has 0 atom stereocenters. The number of hydrogen-bond acceptors (Lipinski definition) is 6. The number of pyridine rings is 1. The minimum absolute atomic E-state index is 0.0801. The summed E-state index contributed by atoms with van der Waals surface area (Å²) in [7, 11) is -4.23. The molecule has 158 valence electrons. The summed E-state index contributed by atoms with van der Waals surface area (Å²) in [6.45, 7) is -2.39. The van der Waals surface area contributed by atoms with Crippen LogP contribution in [0.1, 0.15) is 5.56 Å². The lowest BCUT2D eigenvalue weighted by molar-refractivity contribution is 0.334. The Hall–Kier alpha value is -3.20. The number of halogens is 3. The summed E-state index contributed by atoms with van der Waals surface area (Å²) in [5.41, 5.74) is 1.93. The van der Waals surface area contributed by atoms with Gasteiger partial charge in [-0.15, -0.1) is 0 Å². The highest BCUT2D eigenvalue weighted by Crippen LogP contribution is 2.36. The van der Waals surface area contributed by atoms with Crippen LogP contribution in [0.15, 0.2) is 47.8 Å². The van der Waals surface area contributed by atoms with Gasteiger partial charge in [0, 0.05) is 23.3 Å². The Morgan fingerprint density at radius 3 is 2.42 bits per heavy atom. The molecule has 1 aliphatic carbocycles. The first-order valence-corrected chi connectivity index (χ1v) is 10.7. The smallest absolute Gasteiger partial charge is 0.244 e. The van der Waals surface area contributed by atoms with Gasteiger partial charge in [0.1, 0.15) is 35.2 Å². The Morgan fingerprint density at radius 1 is 1.19 bits per heavy atom. The van der Waals surface area contributed by atoms with Crippen LogP contribution in [-0.4, -0.2) is 47.3 Å². The molecule has 0 saturated carbocycles. The topological polar surface area (TPSA) is 114 Å². The summed E-state index contributed by atoms with van der Waals surface area (Å²) < 4.78 is 53.7. The van der Waals surface area contributed by atoms with Crippen LogP contribution in [0, 0.1) is 11.3 Å². The molecule has 1 aliphatic rings. The minimum atomic E-state index is -4.23. The van der Waals surface area contributed by atoms with E-state index >= 15 is 0 Å². The maximum absolute atomic E-state index is 12.7. The average molecular weight is 463 g/mol. The van der Waals surface area contributed by atoms with Crippen LogP contribution in [0.3, 0.4) is 0 Å². The third-order valence-corrected chi connectivity index (χ3v) is 6.25. The van der Waals surface area contributed by atoms with Gasteiger partial charge in [0.05, 0.1) is 29.5 Å². The molecule has 1 N–H and O–H groups in total. The fourth-order valence-electron chi connectivity index (χ4n) is 3.05. The fraction of sp³-hybridized carbons (Fsp3) is 0.158. The van der Waals surface area contributed by atoms with Crippen LogP contribution >= 0.6 is 11.6 Å². The van der Waals surface area contributed by atoms with Crippen molar-refractivity contribution < 1.29 is 17.2 Å². The molecule has 0 radical (unpaired) electrons. The molecule has 0 unspecified atom stereocenters. The largest absolute Gasteiger partial charge is 0.305 e. The van der Waals surface area contributed by atoms with Crippen LogP contribution < -0.4 is 4.72 Å². The van der Waals surface area contributed by atoms with Gasteiger partial charge in [-0.1, -0.05) is 17.7 Å². The van der Waals surface area contributed by atoms with E-state index in [1.165, 1.54) is 6.20 Å². The number of nitriles is 1. The zero-order valence-electron chi connectivity index (χ0n) is 15.6. The number of fused-ring (bicyclic) bond motifs is 1. The molecule has 0 bridgehead atoms. The lowest BCUT2D eigenvalue weighted by Crippen LogP contribution is -2.38. The molecule has 0 aromatic carbocycles. The van der Waals surface area contributed by atoms with Crippen LogP contribution in [0.2, 0.25) is 5.15 Å². The number of alkyl halides is 2. The monoisotopic (exact) mass is 462 g/mol. The van der Waals surface area contributed by atoms with Gasteiger partial charge in [-0.2, -0.15) is 5.26 Å². The van der Waals surface area contributed by atoms with Crippen molar-refractivity contribution >= 4 is 38.2 Å². The van der Waals surface area contributed by atoms with Crippen LogP contribution in [0.5, 0.6) is 0 Å². The molecule has 31 heavy (non-hydrogen) atoms. The summed E-state index contributed by atoms with van der Waals surface area (Å²) in [4.78, 5) is 11.9. The third kappa shape index (κ3) is 3.69. The molecule has 0 fully saturated rings. The number of nitrogens with one attached hydrogen (secondary N) is 1. The van der Waals surface area contributed by atoms with Gasteiger partial charge in [-0.3, -0.25) is 0 Å². The fourth-order valence-corrected chi connectivity index (χ4v) is 4.29. The van der Waals surface area contributed by atoms with Crippen molar-refractivity contribution in [2.45, 2.75) is 10.9 Å². The van der Waals surface area contributed by atoms with Gasteiger partial charge < -0.3 is 4.57 Å². The van der Waals surface area contributed by atoms with Gasteiger partial charge >= 0.3 is 0 Å². The molecule has 0 spiro atoms. The number of allylic oxidation sites excluding steroid dienone is 4. The highest BCUT2D eigenvalue weighted by Gasteiger charge is 2.25. The number of aromatic nitrogens is 4. The Kier molecular flexibility index (Phi) is 5.53. The Balaban J connectivity index is 1.84. The zero-order chi connectivity index (χ0) is 22.2. The number of hydrogen-bond donors (Lipinski definition) is 1. The van der Waals surface area contributed by atoms with Crippen molar-refractivity contribution in [3.8, 4) is 17.6 Å². The Morgan fingerprint density at radius 2 is 1.87 bits per heavy atom. The molecular weight excluding hydrogens is 450 g/mol. The molecule has 3 aromatic rings.